The number of carboxylic acids is 2. The molecule has 1 aliphatic carbocycles. The van der Waals surface area contributed by atoms with Gasteiger partial charge in [0.25, 0.3) is 0 Å². The van der Waals surface area contributed by atoms with Gasteiger partial charge in [0.05, 0.1) is 12.7 Å². The van der Waals surface area contributed by atoms with Gasteiger partial charge in [-0.25, -0.2) is 9.59 Å². The fourth-order valence-corrected chi connectivity index (χ4v) is 3.72. The van der Waals surface area contributed by atoms with Gasteiger partial charge >= 0.3 is 11.9 Å². The number of halogens is 1. The van der Waals surface area contributed by atoms with Gasteiger partial charge in [0, 0.05) is 61.1 Å². The van der Waals surface area contributed by atoms with Crippen LogP contribution in [-0.4, -0.2) is 46.3 Å². The molecule has 1 aromatic rings. The first kappa shape index (κ1) is 21.1. The molecule has 2 N–H and O–H groups in total. The van der Waals surface area contributed by atoms with Crippen molar-refractivity contribution in [1.82, 2.24) is 4.57 Å². The fourth-order valence-electron chi connectivity index (χ4n) is 3.64. The van der Waals surface area contributed by atoms with Crippen molar-refractivity contribution in [3.63, 3.8) is 0 Å². The Bertz CT molecular complexity index is 753. The summed E-state index contributed by atoms with van der Waals surface area (Å²) in [5.41, 5.74) is 4.30. The third-order valence-electron chi connectivity index (χ3n) is 4.68. The molecule has 148 valence electrons. The molecule has 2 heterocycles. The predicted molar refractivity (Wildman–Crippen MR) is 104 cm³/mol. The first-order valence-corrected chi connectivity index (χ1v) is 9.25. The number of nitrogens with zero attached hydrogens (tertiary/aromatic N) is 2. The van der Waals surface area contributed by atoms with Crippen LogP contribution in [-0.2, 0) is 27.8 Å². The molecule has 2 unspecified atom stereocenters. The number of carbonyl (C=O) groups is 2. The number of aromatic nitrogens is 1. The van der Waals surface area contributed by atoms with Crippen molar-refractivity contribution >= 4 is 29.4 Å². The first-order valence-electron chi connectivity index (χ1n) is 8.71. The molecule has 0 saturated carbocycles. The van der Waals surface area contributed by atoms with Crippen molar-refractivity contribution in [2.75, 3.05) is 24.4 Å². The lowest BCUT2D eigenvalue weighted by Crippen LogP contribution is -2.19. The molecule has 0 saturated heterocycles. The third-order valence-corrected chi connectivity index (χ3v) is 4.84. The number of anilines is 1. The van der Waals surface area contributed by atoms with Gasteiger partial charge in [-0.1, -0.05) is 13.0 Å². The van der Waals surface area contributed by atoms with Gasteiger partial charge in [-0.3, -0.25) is 0 Å². The predicted octanol–water partition coefficient (Wildman–Crippen LogP) is 3.05. The number of aliphatic carboxylic acids is 2. The molecule has 0 radical (unpaired) electrons. The average Bonchev–Trinajstić information content (AvgIpc) is 3.15. The summed E-state index contributed by atoms with van der Waals surface area (Å²) in [6.45, 7) is 2.90. The van der Waals surface area contributed by atoms with E-state index < -0.39 is 11.9 Å². The van der Waals surface area contributed by atoms with Gasteiger partial charge in [-0.15, -0.1) is 11.6 Å². The van der Waals surface area contributed by atoms with Gasteiger partial charge < -0.3 is 24.4 Å². The third kappa shape index (κ3) is 4.73. The molecule has 7 nitrogen and oxygen atoms in total. The maximum atomic E-state index is 9.55. The van der Waals surface area contributed by atoms with E-state index in [1.807, 2.05) is 0 Å². The normalized spacial score (nSPS) is 20.2. The summed E-state index contributed by atoms with van der Waals surface area (Å²) >= 11 is 5.76. The molecule has 0 amide bonds. The minimum atomic E-state index is -1.26. The largest absolute Gasteiger partial charge is 0.478 e. The van der Waals surface area contributed by atoms with E-state index in [-0.39, 0.29) is 6.10 Å². The van der Waals surface area contributed by atoms with Gasteiger partial charge in [-0.2, -0.15) is 0 Å². The van der Waals surface area contributed by atoms with E-state index in [0.29, 0.717) is 30.6 Å². The lowest BCUT2D eigenvalue weighted by atomic mass is 9.94. The minimum Gasteiger partial charge on any atom is -0.478 e. The Kier molecular flexibility index (Phi) is 7.10. The molecule has 0 spiro atoms. The second-order valence-electron chi connectivity index (χ2n) is 6.49. The van der Waals surface area contributed by atoms with Crippen molar-refractivity contribution in [1.29, 1.82) is 0 Å². The van der Waals surface area contributed by atoms with Crippen LogP contribution in [0.3, 0.4) is 0 Å². The lowest BCUT2D eigenvalue weighted by molar-refractivity contribution is -0.134. The van der Waals surface area contributed by atoms with Gasteiger partial charge in [0.2, 0.25) is 0 Å². The SMILES string of the molecule is CC1C=CN(C)c2c1c1c(n2C)CCC1OCCCl.O=C(O)/C=C/C(=O)O. The summed E-state index contributed by atoms with van der Waals surface area (Å²) in [5.74, 6) is -0.170. The Labute approximate surface area is 163 Å². The molecule has 2 atom stereocenters. The molecule has 1 aromatic heterocycles. The van der Waals surface area contributed by atoms with Crippen LogP contribution in [0.2, 0.25) is 0 Å². The van der Waals surface area contributed by atoms with E-state index in [4.69, 9.17) is 26.6 Å². The summed E-state index contributed by atoms with van der Waals surface area (Å²) in [5, 5.41) is 15.6. The second kappa shape index (κ2) is 9.10. The molecular weight excluding hydrogens is 372 g/mol. The molecule has 0 fully saturated rings. The minimum absolute atomic E-state index is 0.228. The highest BCUT2D eigenvalue weighted by Gasteiger charge is 2.35. The van der Waals surface area contributed by atoms with E-state index in [9.17, 15) is 9.59 Å². The first-order chi connectivity index (χ1) is 12.8. The van der Waals surface area contributed by atoms with Crippen LogP contribution in [0.1, 0.15) is 42.2 Å². The molecular formula is C19H25ClN2O5. The Morgan fingerprint density at radius 2 is 1.89 bits per heavy atom. The van der Waals surface area contributed by atoms with Crippen molar-refractivity contribution in [2.24, 2.45) is 7.05 Å². The Morgan fingerprint density at radius 3 is 2.44 bits per heavy atom. The van der Waals surface area contributed by atoms with E-state index in [2.05, 4.69) is 42.8 Å². The quantitative estimate of drug-likeness (QED) is 0.587. The zero-order chi connectivity index (χ0) is 20.1. The Morgan fingerprint density at radius 1 is 1.26 bits per heavy atom. The molecule has 27 heavy (non-hydrogen) atoms. The summed E-state index contributed by atoms with van der Waals surface area (Å²) < 4.78 is 8.30. The highest BCUT2D eigenvalue weighted by Crippen LogP contribution is 2.47. The number of carboxylic acid groups (broad SMARTS) is 2. The van der Waals surface area contributed by atoms with E-state index in [1.165, 1.54) is 22.6 Å². The van der Waals surface area contributed by atoms with Crippen molar-refractivity contribution < 1.29 is 24.5 Å². The number of rotatable bonds is 5. The maximum Gasteiger partial charge on any atom is 0.328 e. The van der Waals surface area contributed by atoms with Crippen molar-refractivity contribution in [3.05, 3.63) is 41.2 Å². The van der Waals surface area contributed by atoms with E-state index in [1.54, 1.807) is 0 Å². The number of hydrogen-bond donors (Lipinski definition) is 2. The summed E-state index contributed by atoms with van der Waals surface area (Å²) in [6.07, 6.45) is 7.96. The second-order valence-corrected chi connectivity index (χ2v) is 6.87. The Balaban J connectivity index is 0.000000279. The number of fused-ring (bicyclic) bond motifs is 3. The van der Waals surface area contributed by atoms with E-state index in [0.717, 1.165) is 12.8 Å². The van der Waals surface area contributed by atoms with Crippen LogP contribution in [0.4, 0.5) is 5.82 Å². The number of ether oxygens (including phenoxy) is 1. The van der Waals surface area contributed by atoms with Crippen LogP contribution in [0, 0.1) is 0 Å². The number of hydrogen-bond acceptors (Lipinski definition) is 4. The standard InChI is InChI=1S/C15H21ClN2O.C4H4O4/c1-10-6-8-17(2)15-13(10)14-11(18(15)3)4-5-12(14)19-9-7-16;5-3(6)1-2-4(7)8/h6,8,10,12H,4-5,7,9H2,1-3H3;1-2H,(H,5,6)(H,7,8)/b;2-1+. The van der Waals surface area contributed by atoms with Gasteiger partial charge in [0.15, 0.2) is 0 Å². The average molecular weight is 397 g/mol. The van der Waals surface area contributed by atoms with Crippen LogP contribution >= 0.6 is 11.6 Å². The maximum absolute atomic E-state index is 9.55. The molecule has 0 aromatic carbocycles. The lowest BCUT2D eigenvalue weighted by Gasteiger charge is -2.26. The molecule has 0 bridgehead atoms. The Hall–Kier alpha value is -2.25. The number of alkyl halides is 1. The van der Waals surface area contributed by atoms with Crippen LogP contribution < -0.4 is 4.90 Å². The summed E-state index contributed by atoms with van der Waals surface area (Å²) in [4.78, 5) is 21.3. The van der Waals surface area contributed by atoms with Gasteiger partial charge in [0.1, 0.15) is 5.82 Å². The van der Waals surface area contributed by atoms with Crippen LogP contribution in [0.5, 0.6) is 0 Å². The smallest absolute Gasteiger partial charge is 0.328 e. The fraction of sp³-hybridized carbons (Fsp3) is 0.474. The highest BCUT2D eigenvalue weighted by atomic mass is 35.5. The van der Waals surface area contributed by atoms with Crippen molar-refractivity contribution in [3.8, 4) is 0 Å². The van der Waals surface area contributed by atoms with Crippen LogP contribution in [0.25, 0.3) is 0 Å². The molecule has 3 rings (SSSR count). The molecule has 2 aliphatic rings. The van der Waals surface area contributed by atoms with Crippen molar-refractivity contribution in [2.45, 2.75) is 31.8 Å². The monoisotopic (exact) mass is 396 g/mol. The topological polar surface area (TPSA) is 92.0 Å². The summed E-state index contributed by atoms with van der Waals surface area (Å²) in [7, 11) is 4.29. The zero-order valence-electron chi connectivity index (χ0n) is 15.7. The van der Waals surface area contributed by atoms with Gasteiger partial charge in [-0.05, 0) is 12.8 Å². The zero-order valence-corrected chi connectivity index (χ0v) is 16.4. The van der Waals surface area contributed by atoms with Crippen LogP contribution in [0.15, 0.2) is 24.4 Å². The highest BCUT2D eigenvalue weighted by molar-refractivity contribution is 6.17. The number of allylic oxidation sites excluding steroid dienone is 1. The molecule has 1 aliphatic heterocycles. The van der Waals surface area contributed by atoms with E-state index >= 15 is 0 Å². The summed E-state index contributed by atoms with van der Waals surface area (Å²) in [6, 6.07) is 0. The molecule has 8 heteroatoms.